The van der Waals surface area contributed by atoms with Gasteiger partial charge in [-0.1, -0.05) is 53.5 Å². The van der Waals surface area contributed by atoms with Crippen LogP contribution in [0.5, 0.6) is 0 Å². The minimum Gasteiger partial charge on any atom is -0.456 e. The van der Waals surface area contributed by atoms with Crippen LogP contribution in [0.3, 0.4) is 0 Å². The van der Waals surface area contributed by atoms with E-state index in [0.717, 1.165) is 5.56 Å². The average Bonchev–Trinajstić information content (AvgIpc) is 2.81. The van der Waals surface area contributed by atoms with Gasteiger partial charge in [-0.05, 0) is 71.0 Å². The number of nitrogens with zero attached hydrogens (tertiary/aromatic N) is 2. The highest BCUT2D eigenvalue weighted by Crippen LogP contribution is 2.26. The zero-order valence-corrected chi connectivity index (χ0v) is 22.7. The second-order valence-electron chi connectivity index (χ2n) is 9.81. The van der Waals surface area contributed by atoms with E-state index in [1.807, 2.05) is 51.8 Å². The Morgan fingerprint density at radius 1 is 1.08 bits per heavy atom. The zero-order valence-electron chi connectivity index (χ0n) is 21.1. The van der Waals surface area contributed by atoms with Crippen LogP contribution in [0, 0.1) is 5.82 Å². The Morgan fingerprint density at radius 2 is 1.72 bits per heavy atom. The normalized spacial score (nSPS) is 12.6. The molecule has 0 radical (unpaired) electrons. The molecule has 8 heteroatoms. The van der Waals surface area contributed by atoms with Crippen molar-refractivity contribution in [2.75, 3.05) is 7.05 Å². The van der Waals surface area contributed by atoms with Gasteiger partial charge in [0.15, 0.2) is 0 Å². The fourth-order valence-electron chi connectivity index (χ4n) is 3.84. The standard InChI is InChI=1S/C28H31Cl2FN2O3/c1-18(21-8-6-7-9-24(21)31)32(5)17-25-22(29)16-23(30)26(34)33(25)15-14-19-10-12-20(13-11-19)27(35)36-28(2,3)4/h6-13,16,18H,14-15,17H2,1-5H3. The van der Waals surface area contributed by atoms with E-state index in [9.17, 15) is 14.0 Å². The Balaban J connectivity index is 1.80. The van der Waals surface area contributed by atoms with Crippen LogP contribution in [0.4, 0.5) is 4.39 Å². The first-order chi connectivity index (χ1) is 16.9. The minimum absolute atomic E-state index is 0.0360. The highest BCUT2D eigenvalue weighted by molar-refractivity contribution is 6.34. The van der Waals surface area contributed by atoms with Crippen LogP contribution in [0.1, 0.15) is 60.9 Å². The molecule has 1 heterocycles. The molecule has 1 atom stereocenters. The maximum Gasteiger partial charge on any atom is 0.338 e. The van der Waals surface area contributed by atoms with Gasteiger partial charge in [0, 0.05) is 24.7 Å². The first-order valence-corrected chi connectivity index (χ1v) is 12.5. The summed E-state index contributed by atoms with van der Waals surface area (Å²) in [5.41, 5.74) is 1.64. The molecule has 0 saturated carbocycles. The van der Waals surface area contributed by atoms with Gasteiger partial charge < -0.3 is 9.30 Å². The summed E-state index contributed by atoms with van der Waals surface area (Å²) in [6.45, 7) is 8.01. The number of ether oxygens (including phenoxy) is 1. The lowest BCUT2D eigenvalue weighted by molar-refractivity contribution is 0.00695. The molecule has 0 saturated heterocycles. The summed E-state index contributed by atoms with van der Waals surface area (Å²) in [5.74, 6) is -0.674. The molecule has 5 nitrogen and oxygen atoms in total. The fourth-order valence-corrected chi connectivity index (χ4v) is 4.38. The third kappa shape index (κ3) is 6.96. The lowest BCUT2D eigenvalue weighted by Gasteiger charge is -2.27. The van der Waals surface area contributed by atoms with Crippen molar-refractivity contribution in [2.45, 2.75) is 58.8 Å². The molecule has 0 aliphatic carbocycles. The number of benzene rings is 2. The number of aromatic nitrogens is 1. The first-order valence-electron chi connectivity index (χ1n) is 11.7. The van der Waals surface area contributed by atoms with Crippen molar-refractivity contribution in [1.29, 1.82) is 0 Å². The topological polar surface area (TPSA) is 51.5 Å². The molecule has 36 heavy (non-hydrogen) atoms. The maximum atomic E-state index is 14.3. The van der Waals surface area contributed by atoms with Gasteiger partial charge in [-0.3, -0.25) is 9.69 Å². The Labute approximate surface area is 221 Å². The van der Waals surface area contributed by atoms with Crippen LogP contribution >= 0.6 is 23.2 Å². The van der Waals surface area contributed by atoms with Crippen LogP contribution in [0.15, 0.2) is 59.4 Å². The number of pyridine rings is 1. The molecule has 0 N–H and O–H groups in total. The third-order valence-electron chi connectivity index (χ3n) is 5.93. The van der Waals surface area contributed by atoms with Crippen LogP contribution in [-0.4, -0.2) is 28.1 Å². The van der Waals surface area contributed by atoms with Crippen LogP contribution < -0.4 is 5.56 Å². The van der Waals surface area contributed by atoms with Gasteiger partial charge in [0.1, 0.15) is 16.4 Å². The Bertz CT molecular complexity index is 1280. The monoisotopic (exact) mass is 532 g/mol. The molecule has 192 valence electrons. The van der Waals surface area contributed by atoms with E-state index in [1.54, 1.807) is 34.9 Å². The number of rotatable bonds is 8. The Kier molecular flexibility index (Phi) is 8.98. The minimum atomic E-state index is -0.573. The van der Waals surface area contributed by atoms with Gasteiger partial charge in [0.2, 0.25) is 0 Å². The summed E-state index contributed by atoms with van der Waals surface area (Å²) < 4.78 is 21.3. The molecule has 0 spiro atoms. The van der Waals surface area contributed by atoms with Crippen LogP contribution in [0.2, 0.25) is 10.0 Å². The number of hydrogen-bond acceptors (Lipinski definition) is 4. The Hall–Kier alpha value is -2.67. The van der Waals surface area contributed by atoms with Gasteiger partial charge in [-0.15, -0.1) is 0 Å². The highest BCUT2D eigenvalue weighted by atomic mass is 35.5. The van der Waals surface area contributed by atoms with E-state index in [2.05, 4.69) is 0 Å². The molecule has 0 bridgehead atoms. The van der Waals surface area contributed by atoms with E-state index in [1.165, 1.54) is 12.1 Å². The predicted octanol–water partition coefficient (Wildman–Crippen LogP) is 6.69. The smallest absolute Gasteiger partial charge is 0.338 e. The lowest BCUT2D eigenvalue weighted by atomic mass is 10.1. The highest BCUT2D eigenvalue weighted by Gasteiger charge is 2.21. The van der Waals surface area contributed by atoms with E-state index < -0.39 is 5.60 Å². The molecule has 1 aromatic heterocycles. The summed E-state index contributed by atoms with van der Waals surface area (Å²) in [6.07, 6.45) is 0.519. The van der Waals surface area contributed by atoms with E-state index in [0.29, 0.717) is 41.4 Å². The third-order valence-corrected chi connectivity index (χ3v) is 6.53. The van der Waals surface area contributed by atoms with Crippen molar-refractivity contribution in [2.24, 2.45) is 0 Å². The molecule has 3 aromatic rings. The van der Waals surface area contributed by atoms with Crippen molar-refractivity contribution in [3.63, 3.8) is 0 Å². The second kappa shape index (κ2) is 11.6. The average molecular weight is 533 g/mol. The van der Waals surface area contributed by atoms with Crippen molar-refractivity contribution < 1.29 is 13.9 Å². The number of hydrogen-bond donors (Lipinski definition) is 0. The summed E-state index contributed by atoms with van der Waals surface area (Å²) in [7, 11) is 1.85. The maximum absolute atomic E-state index is 14.3. The molecule has 0 amide bonds. The number of carbonyl (C=O) groups is 1. The summed E-state index contributed by atoms with van der Waals surface area (Å²) in [5, 5.41) is 0.404. The van der Waals surface area contributed by atoms with E-state index >= 15 is 0 Å². The van der Waals surface area contributed by atoms with Crippen LogP contribution in [0.25, 0.3) is 0 Å². The molecule has 0 aliphatic heterocycles. The van der Waals surface area contributed by atoms with Crippen molar-refractivity contribution >= 4 is 29.2 Å². The molecular weight excluding hydrogens is 502 g/mol. The molecular formula is C28H31Cl2FN2O3. The predicted molar refractivity (Wildman–Crippen MR) is 142 cm³/mol. The molecule has 0 aliphatic rings. The van der Waals surface area contributed by atoms with Crippen molar-refractivity contribution in [3.05, 3.63) is 103 Å². The summed E-state index contributed by atoms with van der Waals surface area (Å²) in [4.78, 5) is 27.1. The molecule has 0 fully saturated rings. The van der Waals surface area contributed by atoms with E-state index in [-0.39, 0.29) is 28.4 Å². The number of aryl methyl sites for hydroxylation is 1. The van der Waals surface area contributed by atoms with Crippen LogP contribution in [-0.2, 0) is 24.2 Å². The second-order valence-corrected chi connectivity index (χ2v) is 10.6. The first kappa shape index (κ1) is 27.9. The summed E-state index contributed by atoms with van der Waals surface area (Å²) >= 11 is 12.7. The summed E-state index contributed by atoms with van der Waals surface area (Å²) in [6, 6.07) is 14.9. The zero-order chi connectivity index (χ0) is 26.6. The van der Waals surface area contributed by atoms with Gasteiger partial charge in [-0.2, -0.15) is 0 Å². The fraction of sp³-hybridized carbons (Fsp3) is 0.357. The molecule has 1 unspecified atom stereocenters. The molecule has 2 aromatic carbocycles. The quantitative estimate of drug-likeness (QED) is 0.303. The number of carbonyl (C=O) groups excluding carboxylic acids is 1. The Morgan fingerprint density at radius 3 is 2.33 bits per heavy atom. The SMILES string of the molecule is CC(c1ccccc1F)N(C)Cc1c(Cl)cc(Cl)c(=O)n1CCc1ccc(C(=O)OC(C)(C)C)cc1. The number of halogens is 3. The van der Waals surface area contributed by atoms with Gasteiger partial charge in [0.25, 0.3) is 5.56 Å². The molecule has 3 rings (SSSR count). The van der Waals surface area contributed by atoms with Gasteiger partial charge >= 0.3 is 5.97 Å². The van der Waals surface area contributed by atoms with E-state index in [4.69, 9.17) is 27.9 Å². The lowest BCUT2D eigenvalue weighted by Crippen LogP contribution is -2.30. The van der Waals surface area contributed by atoms with Crippen molar-refractivity contribution in [3.8, 4) is 0 Å². The number of esters is 1. The largest absolute Gasteiger partial charge is 0.456 e. The van der Waals surface area contributed by atoms with Crippen molar-refractivity contribution in [1.82, 2.24) is 9.47 Å². The van der Waals surface area contributed by atoms with Gasteiger partial charge in [0.05, 0.1) is 16.3 Å². The van der Waals surface area contributed by atoms with Gasteiger partial charge in [-0.25, -0.2) is 9.18 Å².